The average molecular weight is 319 g/mol. The highest BCUT2D eigenvalue weighted by molar-refractivity contribution is 5.78. The van der Waals surface area contributed by atoms with Gasteiger partial charge in [0.15, 0.2) is 11.6 Å². The van der Waals surface area contributed by atoms with E-state index in [0.717, 1.165) is 17.7 Å². The standard InChI is InChI=1S/C18H19F2NO2/c1-12(9-13-3-6-15(22)7-4-13)21(2)18(23)11-14-5-8-16(19)17(20)10-14/h3-8,10,12,22H,9,11H2,1-2H3. The van der Waals surface area contributed by atoms with Crippen LogP contribution in [0.15, 0.2) is 42.5 Å². The van der Waals surface area contributed by atoms with Gasteiger partial charge in [0.2, 0.25) is 5.91 Å². The lowest BCUT2D eigenvalue weighted by atomic mass is 10.0. The van der Waals surface area contributed by atoms with Crippen molar-refractivity contribution in [1.29, 1.82) is 0 Å². The predicted molar refractivity (Wildman–Crippen MR) is 84.1 cm³/mol. The molecule has 0 saturated carbocycles. The van der Waals surface area contributed by atoms with Crippen molar-refractivity contribution in [3.05, 3.63) is 65.2 Å². The molecule has 23 heavy (non-hydrogen) atoms. The molecule has 0 heterocycles. The third kappa shape index (κ3) is 4.52. The van der Waals surface area contributed by atoms with E-state index in [4.69, 9.17) is 0 Å². The first-order valence-electron chi connectivity index (χ1n) is 7.34. The van der Waals surface area contributed by atoms with Crippen molar-refractivity contribution in [3.63, 3.8) is 0 Å². The number of carbonyl (C=O) groups excluding carboxylic acids is 1. The lowest BCUT2D eigenvalue weighted by Gasteiger charge is -2.25. The van der Waals surface area contributed by atoms with Crippen LogP contribution in [0.3, 0.4) is 0 Å². The van der Waals surface area contributed by atoms with E-state index in [0.29, 0.717) is 12.0 Å². The summed E-state index contributed by atoms with van der Waals surface area (Å²) in [5.41, 5.74) is 1.44. The van der Waals surface area contributed by atoms with Gasteiger partial charge in [-0.05, 0) is 48.7 Å². The Kier molecular flexibility index (Phi) is 5.32. The van der Waals surface area contributed by atoms with E-state index < -0.39 is 11.6 Å². The molecular formula is C18H19F2NO2. The van der Waals surface area contributed by atoms with Crippen molar-refractivity contribution in [2.45, 2.75) is 25.8 Å². The van der Waals surface area contributed by atoms with E-state index in [1.807, 2.05) is 6.92 Å². The number of hydrogen-bond donors (Lipinski definition) is 1. The molecule has 2 rings (SSSR count). The predicted octanol–water partition coefficient (Wildman–Crippen LogP) is 3.30. The zero-order valence-corrected chi connectivity index (χ0v) is 13.1. The molecular weight excluding hydrogens is 300 g/mol. The molecule has 5 heteroatoms. The summed E-state index contributed by atoms with van der Waals surface area (Å²) in [6, 6.07) is 10.2. The molecule has 0 aliphatic rings. The summed E-state index contributed by atoms with van der Waals surface area (Å²) in [6.07, 6.45) is 0.661. The van der Waals surface area contributed by atoms with Gasteiger partial charge < -0.3 is 10.0 Å². The summed E-state index contributed by atoms with van der Waals surface area (Å²) in [6.45, 7) is 1.91. The fourth-order valence-corrected chi connectivity index (χ4v) is 2.30. The number of amides is 1. The molecule has 0 saturated heterocycles. The highest BCUT2D eigenvalue weighted by Gasteiger charge is 2.17. The van der Waals surface area contributed by atoms with Crippen molar-refractivity contribution >= 4 is 5.91 Å². The first-order chi connectivity index (χ1) is 10.9. The number of benzene rings is 2. The Morgan fingerprint density at radius 2 is 1.70 bits per heavy atom. The molecule has 3 nitrogen and oxygen atoms in total. The Labute approximate surface area is 134 Å². The van der Waals surface area contributed by atoms with E-state index in [1.165, 1.54) is 6.07 Å². The second-order valence-corrected chi connectivity index (χ2v) is 5.65. The summed E-state index contributed by atoms with van der Waals surface area (Å²) in [7, 11) is 1.69. The van der Waals surface area contributed by atoms with Crippen molar-refractivity contribution < 1.29 is 18.7 Å². The Morgan fingerprint density at radius 1 is 1.09 bits per heavy atom. The number of phenols is 1. The van der Waals surface area contributed by atoms with Gasteiger partial charge in [-0.1, -0.05) is 18.2 Å². The molecule has 1 unspecified atom stereocenters. The number of carbonyl (C=O) groups is 1. The molecule has 2 aromatic carbocycles. The average Bonchev–Trinajstić information content (AvgIpc) is 2.52. The zero-order chi connectivity index (χ0) is 17.0. The lowest BCUT2D eigenvalue weighted by Crippen LogP contribution is -2.37. The van der Waals surface area contributed by atoms with Crippen LogP contribution in [-0.4, -0.2) is 29.0 Å². The second kappa shape index (κ2) is 7.22. The summed E-state index contributed by atoms with van der Waals surface area (Å²) >= 11 is 0. The van der Waals surface area contributed by atoms with Crippen LogP contribution in [0, 0.1) is 11.6 Å². The van der Waals surface area contributed by atoms with Crippen LogP contribution in [0.2, 0.25) is 0 Å². The normalized spacial score (nSPS) is 12.0. The minimum atomic E-state index is -0.949. The van der Waals surface area contributed by atoms with E-state index in [-0.39, 0.29) is 24.1 Å². The molecule has 0 aliphatic carbocycles. The molecule has 0 bridgehead atoms. The van der Waals surface area contributed by atoms with Gasteiger partial charge in [0.1, 0.15) is 5.75 Å². The molecule has 0 aromatic heterocycles. The molecule has 1 N–H and O–H groups in total. The molecule has 2 aromatic rings. The van der Waals surface area contributed by atoms with Crippen LogP contribution in [-0.2, 0) is 17.6 Å². The Bertz CT molecular complexity index is 686. The molecule has 0 fully saturated rings. The van der Waals surface area contributed by atoms with Gasteiger partial charge in [-0.15, -0.1) is 0 Å². The van der Waals surface area contributed by atoms with E-state index in [9.17, 15) is 18.7 Å². The van der Waals surface area contributed by atoms with Crippen LogP contribution in [0.4, 0.5) is 8.78 Å². The smallest absolute Gasteiger partial charge is 0.226 e. The summed E-state index contributed by atoms with van der Waals surface area (Å²) in [4.78, 5) is 13.9. The highest BCUT2D eigenvalue weighted by atomic mass is 19.2. The number of aromatic hydroxyl groups is 1. The Morgan fingerprint density at radius 3 is 2.30 bits per heavy atom. The zero-order valence-electron chi connectivity index (χ0n) is 13.1. The number of phenolic OH excluding ortho intramolecular Hbond substituents is 1. The van der Waals surface area contributed by atoms with Crippen molar-refractivity contribution in [2.24, 2.45) is 0 Å². The number of hydrogen-bond acceptors (Lipinski definition) is 2. The van der Waals surface area contributed by atoms with Gasteiger partial charge in [0.25, 0.3) is 0 Å². The minimum Gasteiger partial charge on any atom is -0.508 e. The maximum Gasteiger partial charge on any atom is 0.226 e. The molecule has 1 amide bonds. The van der Waals surface area contributed by atoms with Crippen LogP contribution >= 0.6 is 0 Å². The number of likely N-dealkylation sites (N-methyl/N-ethyl adjacent to an activating group) is 1. The Balaban J connectivity index is 1.97. The van der Waals surface area contributed by atoms with Crippen molar-refractivity contribution in [2.75, 3.05) is 7.05 Å². The van der Waals surface area contributed by atoms with Crippen LogP contribution in [0.1, 0.15) is 18.1 Å². The topological polar surface area (TPSA) is 40.5 Å². The van der Waals surface area contributed by atoms with Crippen molar-refractivity contribution in [3.8, 4) is 5.75 Å². The van der Waals surface area contributed by atoms with E-state index in [1.54, 1.807) is 36.2 Å². The van der Waals surface area contributed by atoms with Gasteiger partial charge in [0.05, 0.1) is 6.42 Å². The van der Waals surface area contributed by atoms with Gasteiger partial charge in [-0.3, -0.25) is 4.79 Å². The molecule has 0 radical (unpaired) electrons. The number of halogens is 2. The summed E-state index contributed by atoms with van der Waals surface area (Å²) in [5.74, 6) is -1.84. The van der Waals surface area contributed by atoms with Gasteiger partial charge >= 0.3 is 0 Å². The largest absolute Gasteiger partial charge is 0.508 e. The van der Waals surface area contributed by atoms with Gasteiger partial charge in [-0.2, -0.15) is 0 Å². The number of rotatable bonds is 5. The molecule has 0 aliphatic heterocycles. The monoisotopic (exact) mass is 319 g/mol. The minimum absolute atomic E-state index is 0.0214. The van der Waals surface area contributed by atoms with Crippen molar-refractivity contribution in [1.82, 2.24) is 4.90 Å². The SMILES string of the molecule is CC(Cc1ccc(O)cc1)N(C)C(=O)Cc1ccc(F)c(F)c1. The van der Waals surface area contributed by atoms with Crippen LogP contribution in [0.25, 0.3) is 0 Å². The third-order valence-corrected chi connectivity index (χ3v) is 3.86. The lowest BCUT2D eigenvalue weighted by molar-refractivity contribution is -0.130. The third-order valence-electron chi connectivity index (χ3n) is 3.86. The maximum atomic E-state index is 13.2. The van der Waals surface area contributed by atoms with E-state index in [2.05, 4.69) is 0 Å². The van der Waals surface area contributed by atoms with Crippen LogP contribution < -0.4 is 0 Å². The Hall–Kier alpha value is -2.43. The first-order valence-corrected chi connectivity index (χ1v) is 7.34. The van der Waals surface area contributed by atoms with E-state index >= 15 is 0 Å². The molecule has 122 valence electrons. The molecule has 0 spiro atoms. The number of nitrogens with zero attached hydrogens (tertiary/aromatic N) is 1. The van der Waals surface area contributed by atoms with Gasteiger partial charge in [-0.25, -0.2) is 8.78 Å². The summed E-state index contributed by atoms with van der Waals surface area (Å²) in [5, 5.41) is 9.27. The fraction of sp³-hybridized carbons (Fsp3) is 0.278. The fourth-order valence-electron chi connectivity index (χ4n) is 2.30. The van der Waals surface area contributed by atoms with Crippen LogP contribution in [0.5, 0.6) is 5.75 Å². The first kappa shape index (κ1) is 16.9. The van der Waals surface area contributed by atoms with Gasteiger partial charge in [0, 0.05) is 13.1 Å². The highest BCUT2D eigenvalue weighted by Crippen LogP contribution is 2.15. The molecule has 1 atom stereocenters. The summed E-state index contributed by atoms with van der Waals surface area (Å²) < 4.78 is 26.1. The second-order valence-electron chi connectivity index (χ2n) is 5.65. The maximum absolute atomic E-state index is 13.2. The quantitative estimate of drug-likeness (QED) is 0.918.